The van der Waals surface area contributed by atoms with Crippen molar-refractivity contribution in [2.24, 2.45) is 0 Å². The lowest BCUT2D eigenvalue weighted by Crippen LogP contribution is -2.28. The second kappa shape index (κ2) is 9.13. The van der Waals surface area contributed by atoms with E-state index >= 15 is 0 Å². The number of carbonyl (C=O) groups excluding carboxylic acids is 2. The molecule has 0 aliphatic carbocycles. The minimum absolute atomic E-state index is 0.0698. The van der Waals surface area contributed by atoms with E-state index in [1.54, 1.807) is 24.3 Å². The first kappa shape index (κ1) is 16.2. The molecular weight excluding hydrogens is 256 g/mol. The molecule has 0 heterocycles. The summed E-state index contributed by atoms with van der Waals surface area (Å²) in [5.41, 5.74) is 0.566. The van der Waals surface area contributed by atoms with Crippen LogP contribution in [0.5, 0.6) is 5.75 Å². The first-order valence-corrected chi connectivity index (χ1v) is 7.09. The van der Waals surface area contributed by atoms with Gasteiger partial charge in [-0.2, -0.15) is 0 Å². The van der Waals surface area contributed by atoms with Gasteiger partial charge in [0.05, 0.1) is 5.97 Å². The quantitative estimate of drug-likeness (QED) is 0.486. The van der Waals surface area contributed by atoms with Gasteiger partial charge in [0.1, 0.15) is 12.4 Å². The predicted molar refractivity (Wildman–Crippen MR) is 74.7 cm³/mol. The van der Waals surface area contributed by atoms with Gasteiger partial charge in [-0.05, 0) is 18.6 Å². The average molecular weight is 277 g/mol. The van der Waals surface area contributed by atoms with Crippen molar-refractivity contribution < 1.29 is 19.4 Å². The molecule has 0 amide bonds. The zero-order chi connectivity index (χ0) is 14.8. The van der Waals surface area contributed by atoms with Crippen molar-refractivity contribution in [2.45, 2.75) is 45.4 Å². The molecule has 0 aliphatic heterocycles. The number of hydrogen-bond donors (Lipinski definition) is 0. The van der Waals surface area contributed by atoms with Crippen molar-refractivity contribution in [3.63, 3.8) is 0 Å². The highest BCUT2D eigenvalue weighted by molar-refractivity contribution is 5.96. The Morgan fingerprint density at radius 1 is 1.15 bits per heavy atom. The van der Waals surface area contributed by atoms with E-state index in [9.17, 15) is 14.7 Å². The third-order valence-corrected chi connectivity index (χ3v) is 3.02. The van der Waals surface area contributed by atoms with Gasteiger partial charge >= 0.3 is 0 Å². The summed E-state index contributed by atoms with van der Waals surface area (Å²) in [5, 5.41) is 10.3. The second-order valence-corrected chi connectivity index (χ2v) is 4.78. The van der Waals surface area contributed by atoms with E-state index in [4.69, 9.17) is 4.74 Å². The van der Waals surface area contributed by atoms with Crippen molar-refractivity contribution in [3.05, 3.63) is 29.8 Å². The Labute approximate surface area is 119 Å². The largest absolute Gasteiger partial charge is 0.546 e. The van der Waals surface area contributed by atoms with Crippen LogP contribution < -0.4 is 9.84 Å². The third kappa shape index (κ3) is 6.36. The van der Waals surface area contributed by atoms with Crippen LogP contribution in [0.1, 0.15) is 55.8 Å². The van der Waals surface area contributed by atoms with Gasteiger partial charge in [-0.15, -0.1) is 0 Å². The zero-order valence-corrected chi connectivity index (χ0v) is 11.9. The first-order valence-electron chi connectivity index (χ1n) is 7.09. The van der Waals surface area contributed by atoms with Gasteiger partial charge in [0, 0.05) is 12.0 Å². The number of carboxylic acid groups (broad SMARTS) is 1. The van der Waals surface area contributed by atoms with E-state index in [1.807, 2.05) is 0 Å². The molecule has 0 fully saturated rings. The number of aliphatic carboxylic acids is 1. The van der Waals surface area contributed by atoms with Crippen molar-refractivity contribution in [1.82, 2.24) is 0 Å². The highest BCUT2D eigenvalue weighted by Crippen LogP contribution is 2.16. The maximum Gasteiger partial charge on any atom is 0.163 e. The van der Waals surface area contributed by atoms with Gasteiger partial charge < -0.3 is 14.6 Å². The number of rotatable bonds is 10. The summed E-state index contributed by atoms with van der Waals surface area (Å²) in [6.07, 6.45) is 6.04. The zero-order valence-electron chi connectivity index (χ0n) is 11.9. The molecule has 4 nitrogen and oxygen atoms in total. The Balaban J connectivity index is 2.43. The van der Waals surface area contributed by atoms with Crippen LogP contribution in [0.3, 0.4) is 0 Å². The summed E-state index contributed by atoms with van der Waals surface area (Å²) in [6.45, 7) is 1.65. The van der Waals surface area contributed by atoms with Crippen molar-refractivity contribution >= 4 is 11.8 Å². The Morgan fingerprint density at radius 2 is 1.90 bits per heavy atom. The summed E-state index contributed by atoms with van der Waals surface area (Å²) in [7, 11) is 0. The van der Waals surface area contributed by atoms with Gasteiger partial charge in [-0.25, -0.2) is 0 Å². The number of ether oxygens (including phenoxy) is 1. The van der Waals surface area contributed by atoms with E-state index < -0.39 is 12.6 Å². The van der Waals surface area contributed by atoms with Gasteiger partial charge in [-0.3, -0.25) is 4.79 Å². The lowest BCUT2D eigenvalue weighted by Gasteiger charge is -2.08. The molecule has 0 atom stereocenters. The van der Waals surface area contributed by atoms with Crippen LogP contribution in [0.2, 0.25) is 0 Å². The maximum absolute atomic E-state index is 12.0. The Morgan fingerprint density at radius 3 is 2.60 bits per heavy atom. The molecule has 0 aliphatic rings. The normalized spacial score (nSPS) is 10.2. The molecule has 110 valence electrons. The maximum atomic E-state index is 12.0. The molecule has 0 N–H and O–H groups in total. The van der Waals surface area contributed by atoms with E-state index in [1.165, 1.54) is 19.3 Å². The molecule has 0 aromatic heterocycles. The second-order valence-electron chi connectivity index (χ2n) is 4.78. The Hall–Kier alpha value is -1.84. The number of benzene rings is 1. The van der Waals surface area contributed by atoms with Crippen molar-refractivity contribution in [2.75, 3.05) is 6.61 Å². The predicted octanol–water partition coefficient (Wildman–Crippen LogP) is 2.36. The molecule has 0 spiro atoms. The average Bonchev–Trinajstić information content (AvgIpc) is 2.45. The fourth-order valence-electron chi connectivity index (χ4n) is 1.94. The van der Waals surface area contributed by atoms with Crippen LogP contribution in [0.15, 0.2) is 24.3 Å². The van der Waals surface area contributed by atoms with E-state index in [2.05, 4.69) is 6.92 Å². The van der Waals surface area contributed by atoms with E-state index in [0.29, 0.717) is 17.7 Å². The van der Waals surface area contributed by atoms with Gasteiger partial charge in [0.15, 0.2) is 5.78 Å². The van der Waals surface area contributed by atoms with Crippen molar-refractivity contribution in [1.29, 1.82) is 0 Å². The molecular formula is C16H21O4-. The van der Waals surface area contributed by atoms with Crippen LogP contribution in [0.25, 0.3) is 0 Å². The number of unbranched alkanes of at least 4 members (excludes halogenated alkanes) is 4. The number of carboxylic acids is 1. The minimum atomic E-state index is -1.28. The van der Waals surface area contributed by atoms with Crippen LogP contribution in [0, 0.1) is 0 Å². The monoisotopic (exact) mass is 277 g/mol. The standard InChI is InChI=1S/C16H22O4/c1-2-3-4-5-6-10-15(17)13-8-7-9-14(11-13)20-12-16(18)19/h7-9,11H,2-6,10,12H2,1H3,(H,18,19)/p-1. The number of Topliss-reactive ketones (excluding diaryl/α,β-unsaturated/α-hetero) is 1. The summed E-state index contributed by atoms with van der Waals surface area (Å²) >= 11 is 0. The fraction of sp³-hybridized carbons (Fsp3) is 0.500. The summed E-state index contributed by atoms with van der Waals surface area (Å²) in [5.74, 6) is -0.830. The minimum Gasteiger partial charge on any atom is -0.546 e. The van der Waals surface area contributed by atoms with Gasteiger partial charge in [0.2, 0.25) is 0 Å². The van der Waals surface area contributed by atoms with Crippen molar-refractivity contribution in [3.8, 4) is 5.75 Å². The molecule has 4 heteroatoms. The molecule has 0 unspecified atom stereocenters. The lowest BCUT2D eigenvalue weighted by atomic mass is 10.0. The van der Waals surface area contributed by atoms with Crippen LogP contribution in [-0.2, 0) is 4.79 Å². The number of hydrogen-bond acceptors (Lipinski definition) is 4. The molecule has 1 rings (SSSR count). The van der Waals surface area contributed by atoms with E-state index in [-0.39, 0.29) is 5.78 Å². The number of carbonyl (C=O) groups is 2. The Kier molecular flexibility index (Phi) is 7.40. The topological polar surface area (TPSA) is 66.4 Å². The first-order chi connectivity index (χ1) is 9.63. The van der Waals surface area contributed by atoms with Gasteiger partial charge in [0.25, 0.3) is 0 Å². The summed E-state index contributed by atoms with van der Waals surface area (Å²) in [4.78, 5) is 22.3. The van der Waals surface area contributed by atoms with Crippen LogP contribution >= 0.6 is 0 Å². The molecule has 1 aromatic rings. The third-order valence-electron chi connectivity index (χ3n) is 3.02. The molecule has 0 saturated carbocycles. The smallest absolute Gasteiger partial charge is 0.163 e. The van der Waals surface area contributed by atoms with Crippen LogP contribution in [0.4, 0.5) is 0 Å². The SMILES string of the molecule is CCCCCCCC(=O)c1cccc(OCC(=O)[O-])c1. The molecule has 1 aromatic carbocycles. The van der Waals surface area contributed by atoms with Gasteiger partial charge in [-0.1, -0.05) is 44.7 Å². The molecule has 0 saturated heterocycles. The number of ketones is 1. The fourth-order valence-corrected chi connectivity index (χ4v) is 1.94. The van der Waals surface area contributed by atoms with E-state index in [0.717, 1.165) is 12.8 Å². The molecule has 20 heavy (non-hydrogen) atoms. The highest BCUT2D eigenvalue weighted by atomic mass is 16.5. The lowest BCUT2D eigenvalue weighted by molar-refractivity contribution is -0.307. The Bertz CT molecular complexity index is 440. The molecule has 0 radical (unpaired) electrons. The highest BCUT2D eigenvalue weighted by Gasteiger charge is 2.06. The summed E-state index contributed by atoms with van der Waals surface area (Å²) in [6, 6.07) is 6.62. The van der Waals surface area contributed by atoms with Crippen LogP contribution in [-0.4, -0.2) is 18.4 Å². The summed E-state index contributed by atoms with van der Waals surface area (Å²) < 4.78 is 5.00. The molecule has 0 bridgehead atoms.